The summed E-state index contributed by atoms with van der Waals surface area (Å²) in [6.07, 6.45) is -8.57. The van der Waals surface area contributed by atoms with Crippen molar-refractivity contribution in [3.63, 3.8) is 0 Å². The van der Waals surface area contributed by atoms with Crippen molar-refractivity contribution in [2.45, 2.75) is 64.0 Å². The summed E-state index contributed by atoms with van der Waals surface area (Å²) >= 11 is 22.7. The molecule has 262 valence electrons. The molecule has 10 nitrogen and oxygen atoms in total. The van der Waals surface area contributed by atoms with Crippen molar-refractivity contribution in [1.82, 2.24) is 14.9 Å². The quantitative estimate of drug-likeness (QED) is 0.159. The van der Waals surface area contributed by atoms with E-state index in [1.54, 1.807) is 4.90 Å². The van der Waals surface area contributed by atoms with Crippen LogP contribution in [0.3, 0.4) is 0 Å². The molecule has 0 saturated carbocycles. The van der Waals surface area contributed by atoms with E-state index >= 15 is 0 Å². The number of anilines is 1. The van der Waals surface area contributed by atoms with Crippen LogP contribution in [0.15, 0.2) is 29.9 Å². The molecule has 1 N–H and O–H groups in total. The number of aromatic amines is 1. The van der Waals surface area contributed by atoms with E-state index in [1.807, 2.05) is 25.7 Å². The number of benzene rings is 2. The van der Waals surface area contributed by atoms with Crippen LogP contribution in [0.25, 0.3) is 22.2 Å². The number of hydrogen-bond acceptors (Lipinski definition) is 9. The second kappa shape index (κ2) is 13.3. The molecule has 6 rings (SSSR count). The normalized spacial score (nSPS) is 18.3. The summed E-state index contributed by atoms with van der Waals surface area (Å²) < 4.78 is 100. The number of carbonyl (C=O) groups excluding carboxylic acids is 1. The van der Waals surface area contributed by atoms with Gasteiger partial charge in [0.2, 0.25) is 0 Å². The SMILES string of the molecule is CC(C)(C)OC(=O)N1C2CCC1CN(c1nc3c(OC(F)(F)F)c(Cl)cc(Br)c3o1)C2.FC(F)(F)Oc1c(Cl)cc(Br)c2oc(=S)[nH]c12. The third-order valence-electron chi connectivity index (χ3n) is 6.87. The molecule has 2 atom stereocenters. The van der Waals surface area contributed by atoms with Crippen molar-refractivity contribution in [3.8, 4) is 11.5 Å². The van der Waals surface area contributed by atoms with E-state index in [9.17, 15) is 31.1 Å². The minimum Gasteiger partial charge on any atom is -0.444 e. The molecule has 2 aromatic carbocycles. The highest BCUT2D eigenvalue weighted by Gasteiger charge is 2.45. The Balaban J connectivity index is 0.000000224. The predicted molar refractivity (Wildman–Crippen MR) is 171 cm³/mol. The van der Waals surface area contributed by atoms with E-state index in [2.05, 4.69) is 51.3 Å². The van der Waals surface area contributed by atoms with Gasteiger partial charge in [0.15, 0.2) is 28.2 Å². The van der Waals surface area contributed by atoms with Gasteiger partial charge in [-0.05, 0) is 89.8 Å². The average Bonchev–Trinajstić information content (AvgIpc) is 3.62. The molecule has 2 bridgehead atoms. The second-order valence-electron chi connectivity index (χ2n) is 11.5. The van der Waals surface area contributed by atoms with Gasteiger partial charge in [0, 0.05) is 13.1 Å². The lowest BCUT2D eigenvalue weighted by Gasteiger charge is -2.40. The Hall–Kier alpha value is -2.61. The topological polar surface area (TPSA) is 106 Å². The highest BCUT2D eigenvalue weighted by molar-refractivity contribution is 9.11. The molecule has 2 aliphatic heterocycles. The summed E-state index contributed by atoms with van der Waals surface area (Å²) in [6.45, 7) is 6.27. The zero-order valence-electron chi connectivity index (χ0n) is 24.6. The molecule has 21 heteroatoms. The lowest BCUT2D eigenvalue weighted by Crippen LogP contribution is -2.56. The lowest BCUT2D eigenvalue weighted by molar-refractivity contribution is -0.275. The van der Waals surface area contributed by atoms with Crippen molar-refractivity contribution < 1.29 is 54.2 Å². The number of ether oxygens (including phenoxy) is 3. The molecule has 2 fully saturated rings. The van der Waals surface area contributed by atoms with E-state index < -0.39 is 29.8 Å². The van der Waals surface area contributed by atoms with Crippen LogP contribution in [0, 0.1) is 4.84 Å². The van der Waals surface area contributed by atoms with Crippen molar-refractivity contribution in [1.29, 1.82) is 0 Å². The number of nitrogens with one attached hydrogen (secondary N) is 1. The number of aromatic nitrogens is 2. The summed E-state index contributed by atoms with van der Waals surface area (Å²) in [7, 11) is 0. The van der Waals surface area contributed by atoms with Crippen LogP contribution in [0.5, 0.6) is 11.5 Å². The first kappa shape index (κ1) is 36.7. The van der Waals surface area contributed by atoms with Gasteiger partial charge in [-0.25, -0.2) is 4.79 Å². The smallest absolute Gasteiger partial charge is 0.444 e. The number of H-pyrrole nitrogens is 1. The number of carbonyl (C=O) groups is 1. The molecule has 4 aromatic rings. The standard InChI is InChI=1S/C19H20BrClF3N3O4.C8H2BrClF3NO2S/c1-18(2,3)31-17(28)27-9-4-5-10(27)8-26(7-9)16-25-13-14(29-16)11(20)6-12(21)15(13)30-19(22,23)24;9-2-1-3(10)6(16-8(11,12)13)4-5(2)15-7(17)14-4/h6,9-10H,4-5,7-8H2,1-3H3;1H,(H,14,17). The Morgan fingerprint density at radius 1 is 0.938 bits per heavy atom. The van der Waals surface area contributed by atoms with Crippen LogP contribution in [0.2, 0.25) is 10.0 Å². The second-order valence-corrected chi connectivity index (χ2v) is 14.4. The summed E-state index contributed by atoms with van der Waals surface area (Å²) in [5.74, 6) is -1.19. The molecule has 0 spiro atoms. The molecule has 0 aliphatic carbocycles. The molecule has 48 heavy (non-hydrogen) atoms. The number of piperazine rings is 1. The number of hydrogen-bond donors (Lipinski definition) is 1. The number of halogens is 10. The highest BCUT2D eigenvalue weighted by Crippen LogP contribution is 2.44. The van der Waals surface area contributed by atoms with E-state index in [1.165, 1.54) is 12.1 Å². The molecule has 2 unspecified atom stereocenters. The Bertz CT molecular complexity index is 1920. The molecule has 4 heterocycles. The number of oxazole rings is 2. The maximum Gasteiger partial charge on any atom is 0.573 e. The van der Waals surface area contributed by atoms with Gasteiger partial charge in [0.05, 0.1) is 31.1 Å². The van der Waals surface area contributed by atoms with Gasteiger partial charge in [-0.15, -0.1) is 26.3 Å². The monoisotopic (exact) mass is 872 g/mol. The van der Waals surface area contributed by atoms with Crippen LogP contribution >= 0.6 is 67.3 Å². The lowest BCUT2D eigenvalue weighted by atomic mass is 10.2. The van der Waals surface area contributed by atoms with Gasteiger partial charge in [0.1, 0.15) is 11.1 Å². The number of rotatable bonds is 3. The van der Waals surface area contributed by atoms with Gasteiger partial charge in [-0.2, -0.15) is 4.98 Å². The first-order valence-corrected chi connectivity index (χ1v) is 16.4. The molecule has 1 amide bonds. The number of fused-ring (bicyclic) bond motifs is 4. The van der Waals surface area contributed by atoms with E-state index in [0.29, 0.717) is 22.0 Å². The number of nitrogens with zero attached hydrogens (tertiary/aromatic N) is 3. The molecule has 2 aromatic heterocycles. The third-order valence-corrected chi connectivity index (χ3v) is 8.80. The van der Waals surface area contributed by atoms with Crippen molar-refractivity contribution in [3.05, 3.63) is 36.0 Å². The van der Waals surface area contributed by atoms with Crippen LogP contribution in [-0.2, 0) is 4.74 Å². The maximum atomic E-state index is 12.8. The van der Waals surface area contributed by atoms with Gasteiger partial charge in [-0.3, -0.25) is 4.90 Å². The fourth-order valence-corrected chi connectivity index (χ4v) is 7.17. The summed E-state index contributed by atoms with van der Waals surface area (Å²) in [5.41, 5.74) is -0.575. The first-order chi connectivity index (χ1) is 22.1. The van der Waals surface area contributed by atoms with E-state index in [4.69, 9.17) is 49.0 Å². The number of alkyl halides is 6. The van der Waals surface area contributed by atoms with Crippen molar-refractivity contribution >= 4 is 102 Å². The van der Waals surface area contributed by atoms with Crippen LogP contribution in [0.4, 0.5) is 37.2 Å². The zero-order chi connectivity index (χ0) is 35.5. The fourth-order valence-electron chi connectivity index (χ4n) is 5.23. The number of amides is 1. The largest absolute Gasteiger partial charge is 0.573 e. The van der Waals surface area contributed by atoms with E-state index in [0.717, 1.165) is 12.8 Å². The Morgan fingerprint density at radius 2 is 1.46 bits per heavy atom. The summed E-state index contributed by atoms with van der Waals surface area (Å²) in [5, 5.41) is -0.458. The Kier molecular flexibility index (Phi) is 10.1. The summed E-state index contributed by atoms with van der Waals surface area (Å²) in [4.78, 5) is 22.8. The molecule has 2 aliphatic rings. The Labute approximate surface area is 298 Å². The fraction of sp³-hybridized carbons (Fsp3) is 0.444. The van der Waals surface area contributed by atoms with Gasteiger partial charge in [-0.1, -0.05) is 23.2 Å². The van der Waals surface area contributed by atoms with Gasteiger partial charge >= 0.3 is 18.8 Å². The summed E-state index contributed by atoms with van der Waals surface area (Å²) in [6, 6.07) is 2.43. The minimum absolute atomic E-state index is 0.0494. The van der Waals surface area contributed by atoms with Crippen molar-refractivity contribution in [2.24, 2.45) is 0 Å². The maximum absolute atomic E-state index is 12.8. The molecule has 2 saturated heterocycles. The minimum atomic E-state index is -4.93. The molecular weight excluding hydrogens is 853 g/mol. The van der Waals surface area contributed by atoms with E-state index in [-0.39, 0.29) is 61.3 Å². The third kappa shape index (κ3) is 8.22. The van der Waals surface area contributed by atoms with Crippen LogP contribution in [-0.4, -0.2) is 64.5 Å². The van der Waals surface area contributed by atoms with Gasteiger partial charge < -0.3 is 32.9 Å². The average molecular weight is 875 g/mol. The van der Waals surface area contributed by atoms with Gasteiger partial charge in [0.25, 0.3) is 10.9 Å². The van der Waals surface area contributed by atoms with Crippen LogP contribution in [0.1, 0.15) is 33.6 Å². The van der Waals surface area contributed by atoms with Crippen molar-refractivity contribution in [2.75, 3.05) is 18.0 Å². The highest BCUT2D eigenvalue weighted by atomic mass is 79.9. The van der Waals surface area contributed by atoms with Crippen LogP contribution < -0.4 is 14.4 Å². The molecule has 0 radical (unpaired) electrons. The Morgan fingerprint density at radius 3 is 2.00 bits per heavy atom. The first-order valence-electron chi connectivity index (χ1n) is 13.7. The zero-order valence-corrected chi connectivity index (χ0v) is 30.1. The molecular formula is C27H22Br2Cl2F6N4O6S. The predicted octanol–water partition coefficient (Wildman–Crippen LogP) is 10.5.